The Labute approximate surface area is 139 Å². The molecule has 130 valence electrons. The van der Waals surface area contributed by atoms with Gasteiger partial charge in [0.2, 0.25) is 0 Å². The molecule has 2 N–H and O–H groups in total. The van der Waals surface area contributed by atoms with E-state index < -0.39 is 23.1 Å². The third kappa shape index (κ3) is 3.31. The topological polar surface area (TPSA) is 95.8 Å². The summed E-state index contributed by atoms with van der Waals surface area (Å²) in [7, 11) is 0. The fourth-order valence-electron chi connectivity index (χ4n) is 2.99. The SMILES string of the molecule is CC(C)(C)OC(=O)N1CCCC(O)(c2ccc3[nH]c(=O)oc3c2)C1. The maximum absolute atomic E-state index is 12.3. The summed E-state index contributed by atoms with van der Waals surface area (Å²) in [4.78, 5) is 27.6. The predicted octanol–water partition coefficient (Wildman–Crippen LogP) is 2.34. The molecule has 2 aromatic rings. The number of aromatic amines is 1. The molecule has 0 spiro atoms. The van der Waals surface area contributed by atoms with Crippen LogP contribution in [0.1, 0.15) is 39.2 Å². The van der Waals surface area contributed by atoms with Gasteiger partial charge < -0.3 is 19.2 Å². The van der Waals surface area contributed by atoms with Gasteiger partial charge in [-0.25, -0.2) is 9.59 Å². The Balaban J connectivity index is 1.85. The van der Waals surface area contributed by atoms with Crippen LogP contribution in [0.5, 0.6) is 0 Å². The lowest BCUT2D eigenvalue weighted by atomic mass is 9.86. The molecule has 0 aliphatic carbocycles. The van der Waals surface area contributed by atoms with Crippen molar-refractivity contribution in [3.63, 3.8) is 0 Å². The van der Waals surface area contributed by atoms with Gasteiger partial charge in [-0.2, -0.15) is 0 Å². The van der Waals surface area contributed by atoms with Crippen LogP contribution in [0.4, 0.5) is 4.79 Å². The number of carbonyl (C=O) groups excluding carboxylic acids is 1. The first-order valence-electron chi connectivity index (χ1n) is 8.00. The van der Waals surface area contributed by atoms with Crippen molar-refractivity contribution in [1.29, 1.82) is 0 Å². The monoisotopic (exact) mass is 334 g/mol. The minimum Gasteiger partial charge on any atom is -0.444 e. The standard InChI is InChI=1S/C17H22N2O5/c1-16(2,3)24-15(21)19-8-4-7-17(22,10-19)11-5-6-12-13(9-11)23-14(20)18-12/h5-6,9,22H,4,7-8,10H2,1-3H3,(H,18,20). The van der Waals surface area contributed by atoms with E-state index in [1.165, 1.54) is 4.90 Å². The van der Waals surface area contributed by atoms with Crippen molar-refractivity contribution in [2.75, 3.05) is 13.1 Å². The van der Waals surface area contributed by atoms with E-state index in [-0.39, 0.29) is 6.54 Å². The predicted molar refractivity (Wildman–Crippen MR) is 87.8 cm³/mol. The number of aliphatic hydroxyl groups is 1. The van der Waals surface area contributed by atoms with Crippen molar-refractivity contribution in [2.24, 2.45) is 0 Å². The first-order chi connectivity index (χ1) is 11.2. The first kappa shape index (κ1) is 16.6. The molecule has 1 amide bonds. The maximum Gasteiger partial charge on any atom is 0.417 e. The Morgan fingerprint density at radius 2 is 2.17 bits per heavy atom. The molecule has 0 bridgehead atoms. The van der Waals surface area contributed by atoms with Gasteiger partial charge in [-0.3, -0.25) is 4.98 Å². The van der Waals surface area contributed by atoms with E-state index in [1.807, 2.05) is 20.8 Å². The van der Waals surface area contributed by atoms with Crippen LogP contribution in [0.25, 0.3) is 11.1 Å². The number of rotatable bonds is 1. The van der Waals surface area contributed by atoms with Gasteiger partial charge in [0.25, 0.3) is 0 Å². The van der Waals surface area contributed by atoms with Crippen molar-refractivity contribution < 1.29 is 19.1 Å². The molecule has 1 atom stereocenters. The van der Waals surface area contributed by atoms with Crippen LogP contribution in [0.2, 0.25) is 0 Å². The molecule has 7 nitrogen and oxygen atoms in total. The Kier molecular flexibility index (Phi) is 3.91. The summed E-state index contributed by atoms with van der Waals surface area (Å²) in [6.45, 7) is 6.11. The summed E-state index contributed by atoms with van der Waals surface area (Å²) in [5, 5.41) is 11.0. The molecular weight excluding hydrogens is 312 g/mol. The number of ether oxygens (including phenoxy) is 1. The zero-order valence-corrected chi connectivity index (χ0v) is 14.1. The van der Waals surface area contributed by atoms with Crippen molar-refractivity contribution >= 4 is 17.2 Å². The molecule has 1 fully saturated rings. The number of carbonyl (C=O) groups is 1. The number of amides is 1. The van der Waals surface area contributed by atoms with Crippen molar-refractivity contribution in [3.05, 3.63) is 34.3 Å². The fourth-order valence-corrected chi connectivity index (χ4v) is 2.99. The Morgan fingerprint density at radius 3 is 2.88 bits per heavy atom. The summed E-state index contributed by atoms with van der Waals surface area (Å²) in [5.74, 6) is -0.534. The van der Waals surface area contributed by atoms with Gasteiger partial charge in [0.1, 0.15) is 11.2 Å². The summed E-state index contributed by atoms with van der Waals surface area (Å²) in [6.07, 6.45) is 0.743. The second-order valence-electron chi connectivity index (χ2n) is 7.26. The second-order valence-corrected chi connectivity index (χ2v) is 7.26. The Bertz CT molecular complexity index is 816. The third-order valence-electron chi connectivity index (χ3n) is 4.08. The number of aromatic nitrogens is 1. The van der Waals surface area contributed by atoms with Crippen LogP contribution in [0, 0.1) is 0 Å². The van der Waals surface area contributed by atoms with Crippen molar-refractivity contribution in [3.8, 4) is 0 Å². The zero-order chi connectivity index (χ0) is 17.5. The molecule has 2 heterocycles. The smallest absolute Gasteiger partial charge is 0.417 e. The number of hydrogen-bond donors (Lipinski definition) is 2. The van der Waals surface area contributed by atoms with Crippen molar-refractivity contribution in [1.82, 2.24) is 9.88 Å². The van der Waals surface area contributed by atoms with Gasteiger partial charge in [0.15, 0.2) is 5.58 Å². The number of piperidine rings is 1. The second kappa shape index (κ2) is 5.66. The molecule has 0 saturated carbocycles. The van der Waals surface area contributed by atoms with Crippen LogP contribution >= 0.6 is 0 Å². The molecule has 1 aliphatic rings. The van der Waals surface area contributed by atoms with E-state index in [4.69, 9.17) is 9.15 Å². The average molecular weight is 334 g/mol. The summed E-state index contributed by atoms with van der Waals surface area (Å²) >= 11 is 0. The summed E-state index contributed by atoms with van der Waals surface area (Å²) < 4.78 is 10.4. The number of likely N-dealkylation sites (tertiary alicyclic amines) is 1. The molecule has 1 unspecified atom stereocenters. The lowest BCUT2D eigenvalue weighted by Gasteiger charge is -2.39. The van der Waals surface area contributed by atoms with Crippen LogP contribution in [0.15, 0.2) is 27.4 Å². The third-order valence-corrected chi connectivity index (χ3v) is 4.08. The van der Waals surface area contributed by atoms with E-state index in [2.05, 4.69) is 4.98 Å². The number of hydrogen-bond acceptors (Lipinski definition) is 5. The van der Waals surface area contributed by atoms with Gasteiger partial charge >= 0.3 is 11.8 Å². The summed E-state index contributed by atoms with van der Waals surface area (Å²) in [6, 6.07) is 5.08. The number of β-amino-alcohol motifs (C(OH)–C–C–N with tert-alkyl or cyclic N) is 1. The minimum atomic E-state index is -1.20. The minimum absolute atomic E-state index is 0.141. The highest BCUT2D eigenvalue weighted by Gasteiger charge is 2.38. The van der Waals surface area contributed by atoms with E-state index in [0.29, 0.717) is 36.0 Å². The molecular formula is C17H22N2O5. The first-order valence-corrected chi connectivity index (χ1v) is 8.00. The van der Waals surface area contributed by atoms with E-state index in [1.54, 1.807) is 18.2 Å². The molecule has 0 radical (unpaired) electrons. The highest BCUT2D eigenvalue weighted by atomic mass is 16.6. The van der Waals surface area contributed by atoms with Crippen LogP contribution < -0.4 is 5.76 Å². The number of H-pyrrole nitrogens is 1. The van der Waals surface area contributed by atoms with Crippen molar-refractivity contribution in [2.45, 2.75) is 44.8 Å². The highest BCUT2D eigenvalue weighted by molar-refractivity contribution is 5.73. The van der Waals surface area contributed by atoms with Gasteiger partial charge in [-0.05, 0) is 51.3 Å². The number of benzene rings is 1. The van der Waals surface area contributed by atoms with Crippen LogP contribution in [-0.4, -0.2) is 39.8 Å². The van der Waals surface area contributed by atoms with Gasteiger partial charge in [0.05, 0.1) is 12.1 Å². The number of oxazole rings is 1. The molecule has 1 aromatic carbocycles. The van der Waals surface area contributed by atoms with E-state index >= 15 is 0 Å². The molecule has 7 heteroatoms. The van der Waals surface area contributed by atoms with Gasteiger partial charge in [0, 0.05) is 6.54 Å². The molecule has 3 rings (SSSR count). The quantitative estimate of drug-likeness (QED) is 0.834. The zero-order valence-electron chi connectivity index (χ0n) is 14.1. The largest absolute Gasteiger partial charge is 0.444 e. The van der Waals surface area contributed by atoms with Crippen LogP contribution in [0.3, 0.4) is 0 Å². The molecule has 1 aliphatic heterocycles. The van der Waals surface area contributed by atoms with Gasteiger partial charge in [-0.15, -0.1) is 0 Å². The Hall–Kier alpha value is -2.28. The molecule has 24 heavy (non-hydrogen) atoms. The maximum atomic E-state index is 12.3. The average Bonchev–Trinajstić information content (AvgIpc) is 2.84. The number of fused-ring (bicyclic) bond motifs is 1. The van der Waals surface area contributed by atoms with Gasteiger partial charge in [-0.1, -0.05) is 6.07 Å². The summed E-state index contributed by atoms with van der Waals surface area (Å²) in [5.41, 5.74) is -0.197. The van der Waals surface area contributed by atoms with Crippen LogP contribution in [-0.2, 0) is 10.3 Å². The number of nitrogens with one attached hydrogen (secondary N) is 1. The normalized spacial score (nSPS) is 21.9. The number of nitrogens with zero attached hydrogens (tertiary/aromatic N) is 1. The lowest BCUT2D eigenvalue weighted by molar-refractivity contribution is -0.0465. The fraction of sp³-hybridized carbons (Fsp3) is 0.529. The van der Waals surface area contributed by atoms with E-state index in [9.17, 15) is 14.7 Å². The molecule has 1 aromatic heterocycles. The van der Waals surface area contributed by atoms with E-state index in [0.717, 1.165) is 0 Å². The highest BCUT2D eigenvalue weighted by Crippen LogP contribution is 2.33. The Morgan fingerprint density at radius 1 is 1.42 bits per heavy atom. The molecule has 1 saturated heterocycles. The lowest BCUT2D eigenvalue weighted by Crippen LogP contribution is -2.49.